The molecule has 1 aromatic carbocycles. The molecule has 0 saturated carbocycles. The molecule has 0 saturated heterocycles. The van der Waals surface area contributed by atoms with Gasteiger partial charge >= 0.3 is 0 Å². The van der Waals surface area contributed by atoms with Crippen LogP contribution in [-0.2, 0) is 10.8 Å². The molecule has 0 spiro atoms. The molecule has 0 radical (unpaired) electrons. The topological polar surface area (TPSA) is 63.3 Å². The number of rotatable bonds is 3. The minimum absolute atomic E-state index is 0.137. The fourth-order valence-electron chi connectivity index (χ4n) is 0.850. The lowest BCUT2D eigenvalue weighted by Crippen LogP contribution is -2.10. The van der Waals surface area contributed by atoms with Crippen LogP contribution in [0.2, 0.25) is 0 Å². The highest BCUT2D eigenvalue weighted by atomic mass is 32.2. The SMILES string of the molecule is NCCS(=O)c1cccc(O)c1. The zero-order chi connectivity index (χ0) is 8.97. The first-order chi connectivity index (χ1) is 5.74. The molecule has 0 aliphatic rings. The maximum Gasteiger partial charge on any atom is 0.116 e. The van der Waals surface area contributed by atoms with Crippen molar-refractivity contribution < 1.29 is 9.32 Å². The van der Waals surface area contributed by atoms with Crippen molar-refractivity contribution in [2.24, 2.45) is 5.73 Å². The Labute approximate surface area is 73.7 Å². The zero-order valence-corrected chi connectivity index (χ0v) is 7.38. The Morgan fingerprint density at radius 2 is 2.25 bits per heavy atom. The monoisotopic (exact) mass is 185 g/mol. The average molecular weight is 185 g/mol. The molecular weight excluding hydrogens is 174 g/mol. The van der Waals surface area contributed by atoms with Gasteiger partial charge in [0.15, 0.2) is 0 Å². The van der Waals surface area contributed by atoms with E-state index < -0.39 is 10.8 Å². The second-order valence-electron chi connectivity index (χ2n) is 2.34. The summed E-state index contributed by atoms with van der Waals surface area (Å²) in [7, 11) is -1.08. The number of nitrogens with two attached hydrogens (primary N) is 1. The van der Waals surface area contributed by atoms with Crippen molar-refractivity contribution in [2.75, 3.05) is 12.3 Å². The van der Waals surface area contributed by atoms with Gasteiger partial charge in [-0.1, -0.05) is 6.07 Å². The highest BCUT2D eigenvalue weighted by molar-refractivity contribution is 7.85. The van der Waals surface area contributed by atoms with E-state index >= 15 is 0 Å². The van der Waals surface area contributed by atoms with E-state index in [4.69, 9.17) is 10.8 Å². The van der Waals surface area contributed by atoms with E-state index in [1.807, 2.05) is 0 Å². The van der Waals surface area contributed by atoms with E-state index in [0.717, 1.165) is 0 Å². The van der Waals surface area contributed by atoms with Gasteiger partial charge in [0.2, 0.25) is 0 Å². The van der Waals surface area contributed by atoms with Crippen LogP contribution < -0.4 is 5.73 Å². The minimum Gasteiger partial charge on any atom is -0.508 e. The van der Waals surface area contributed by atoms with E-state index in [0.29, 0.717) is 17.2 Å². The summed E-state index contributed by atoms with van der Waals surface area (Å²) in [4.78, 5) is 0.625. The molecule has 3 nitrogen and oxygen atoms in total. The summed E-state index contributed by atoms with van der Waals surface area (Å²) in [5.74, 6) is 0.571. The van der Waals surface area contributed by atoms with Crippen molar-refractivity contribution in [1.82, 2.24) is 0 Å². The van der Waals surface area contributed by atoms with Gasteiger partial charge in [0.1, 0.15) is 5.75 Å². The first-order valence-corrected chi connectivity index (χ1v) is 4.93. The highest BCUT2D eigenvalue weighted by Crippen LogP contribution is 2.13. The Bertz CT molecular complexity index is 288. The maximum atomic E-state index is 11.3. The molecular formula is C8H11NO2S. The number of phenols is 1. The molecule has 1 unspecified atom stereocenters. The van der Waals surface area contributed by atoms with Crippen molar-refractivity contribution in [2.45, 2.75) is 4.90 Å². The van der Waals surface area contributed by atoms with Gasteiger partial charge in [0.05, 0.1) is 10.8 Å². The summed E-state index contributed by atoms with van der Waals surface area (Å²) < 4.78 is 11.3. The Kier molecular flexibility index (Phi) is 3.25. The number of aromatic hydroxyl groups is 1. The van der Waals surface area contributed by atoms with Gasteiger partial charge < -0.3 is 10.8 Å². The first-order valence-electron chi connectivity index (χ1n) is 3.61. The molecule has 1 atom stereocenters. The van der Waals surface area contributed by atoms with Gasteiger partial charge in [0, 0.05) is 17.2 Å². The van der Waals surface area contributed by atoms with E-state index in [1.165, 1.54) is 6.07 Å². The Morgan fingerprint density at radius 3 is 2.83 bits per heavy atom. The third kappa shape index (κ3) is 2.32. The summed E-state index contributed by atoms with van der Waals surface area (Å²) in [6.45, 7) is 0.391. The van der Waals surface area contributed by atoms with E-state index in [1.54, 1.807) is 18.2 Å². The summed E-state index contributed by atoms with van der Waals surface area (Å²) in [5.41, 5.74) is 5.25. The van der Waals surface area contributed by atoms with Crippen molar-refractivity contribution in [1.29, 1.82) is 0 Å². The van der Waals surface area contributed by atoms with Crippen molar-refractivity contribution >= 4 is 10.8 Å². The second-order valence-corrected chi connectivity index (χ2v) is 3.91. The van der Waals surface area contributed by atoms with Gasteiger partial charge in [0.25, 0.3) is 0 Å². The van der Waals surface area contributed by atoms with Crippen molar-refractivity contribution in [3.63, 3.8) is 0 Å². The van der Waals surface area contributed by atoms with Gasteiger partial charge in [-0.2, -0.15) is 0 Å². The standard InChI is InChI=1S/C8H11NO2S/c9-4-5-12(11)8-3-1-2-7(10)6-8/h1-3,6,10H,4-5,9H2. The van der Waals surface area contributed by atoms with Gasteiger partial charge in [-0.05, 0) is 18.2 Å². The Balaban J connectivity index is 2.81. The largest absolute Gasteiger partial charge is 0.508 e. The van der Waals surface area contributed by atoms with E-state index in [-0.39, 0.29) is 5.75 Å². The molecule has 0 aliphatic heterocycles. The Morgan fingerprint density at radius 1 is 1.50 bits per heavy atom. The smallest absolute Gasteiger partial charge is 0.116 e. The van der Waals surface area contributed by atoms with Gasteiger partial charge in [-0.15, -0.1) is 0 Å². The van der Waals surface area contributed by atoms with Crippen LogP contribution >= 0.6 is 0 Å². The quantitative estimate of drug-likeness (QED) is 0.719. The fraction of sp³-hybridized carbons (Fsp3) is 0.250. The molecule has 0 aromatic heterocycles. The van der Waals surface area contributed by atoms with Crippen LogP contribution in [0.1, 0.15) is 0 Å². The van der Waals surface area contributed by atoms with Crippen LogP contribution in [0, 0.1) is 0 Å². The number of hydrogen-bond donors (Lipinski definition) is 2. The lowest BCUT2D eigenvalue weighted by Gasteiger charge is -1.99. The van der Waals surface area contributed by atoms with E-state index in [9.17, 15) is 4.21 Å². The van der Waals surface area contributed by atoms with Crippen molar-refractivity contribution in [3.05, 3.63) is 24.3 Å². The number of hydrogen-bond acceptors (Lipinski definition) is 3. The summed E-state index contributed by atoms with van der Waals surface area (Å²) in [6.07, 6.45) is 0. The molecule has 66 valence electrons. The molecule has 0 bridgehead atoms. The van der Waals surface area contributed by atoms with Crippen LogP contribution in [0.4, 0.5) is 0 Å². The van der Waals surface area contributed by atoms with Crippen LogP contribution in [0.25, 0.3) is 0 Å². The summed E-state index contributed by atoms with van der Waals surface area (Å²) in [5, 5.41) is 9.06. The normalized spacial score (nSPS) is 12.8. The third-order valence-electron chi connectivity index (χ3n) is 1.38. The lowest BCUT2D eigenvalue weighted by molar-refractivity contribution is 0.473. The summed E-state index contributed by atoms with van der Waals surface area (Å²) in [6, 6.07) is 6.42. The van der Waals surface area contributed by atoms with E-state index in [2.05, 4.69) is 0 Å². The predicted molar refractivity (Wildman–Crippen MR) is 48.4 cm³/mol. The predicted octanol–water partition coefficient (Wildman–Crippen LogP) is 0.458. The maximum absolute atomic E-state index is 11.3. The van der Waals surface area contributed by atoms with Crippen molar-refractivity contribution in [3.8, 4) is 5.75 Å². The number of benzene rings is 1. The van der Waals surface area contributed by atoms with Crippen LogP contribution in [0.3, 0.4) is 0 Å². The van der Waals surface area contributed by atoms with Crippen LogP contribution in [0.5, 0.6) is 5.75 Å². The molecule has 1 aromatic rings. The lowest BCUT2D eigenvalue weighted by atomic mass is 10.3. The minimum atomic E-state index is -1.08. The molecule has 0 amide bonds. The molecule has 4 heteroatoms. The Hall–Kier alpha value is -0.870. The molecule has 0 fully saturated rings. The first kappa shape index (κ1) is 9.22. The molecule has 0 aliphatic carbocycles. The van der Waals surface area contributed by atoms with Crippen LogP contribution in [0.15, 0.2) is 29.2 Å². The third-order valence-corrected chi connectivity index (χ3v) is 2.77. The summed E-state index contributed by atoms with van der Waals surface area (Å²) >= 11 is 0. The number of phenolic OH excluding ortho intramolecular Hbond substituents is 1. The van der Waals surface area contributed by atoms with Gasteiger partial charge in [-0.3, -0.25) is 4.21 Å². The zero-order valence-electron chi connectivity index (χ0n) is 6.56. The fourth-order valence-corrected chi connectivity index (χ4v) is 1.78. The second kappa shape index (κ2) is 4.23. The molecule has 0 heterocycles. The highest BCUT2D eigenvalue weighted by Gasteiger charge is 2.01. The molecule has 1 rings (SSSR count). The van der Waals surface area contributed by atoms with Gasteiger partial charge in [-0.25, -0.2) is 0 Å². The molecule has 3 N–H and O–H groups in total. The van der Waals surface area contributed by atoms with Crippen LogP contribution in [-0.4, -0.2) is 21.6 Å². The molecule has 12 heavy (non-hydrogen) atoms. The average Bonchev–Trinajstić information content (AvgIpc) is 2.05.